The molecule has 0 amide bonds. The third-order valence-electron chi connectivity index (χ3n) is 4.44. The van der Waals surface area contributed by atoms with E-state index in [1.165, 1.54) is 11.1 Å². The zero-order valence-electron chi connectivity index (χ0n) is 14.6. The van der Waals surface area contributed by atoms with Crippen LogP contribution in [-0.4, -0.2) is 9.97 Å². The average Bonchev–Trinajstić information content (AvgIpc) is 3.28. The number of H-pyrrole nitrogens is 1. The topological polar surface area (TPSA) is 65.6 Å². The first-order valence-corrected chi connectivity index (χ1v) is 8.38. The van der Waals surface area contributed by atoms with E-state index in [9.17, 15) is 5.26 Å². The van der Waals surface area contributed by atoms with Gasteiger partial charge in [-0.1, -0.05) is 30.3 Å². The molecule has 0 radical (unpaired) electrons. The Morgan fingerprint density at radius 1 is 1.08 bits per heavy atom. The number of furan rings is 1. The molecular formula is C22H17N3O. The van der Waals surface area contributed by atoms with Crippen molar-refractivity contribution in [1.29, 1.82) is 5.26 Å². The first-order valence-electron chi connectivity index (χ1n) is 8.38. The van der Waals surface area contributed by atoms with Gasteiger partial charge in [-0.05, 0) is 49.2 Å². The molecule has 0 saturated carbocycles. The molecule has 4 heteroatoms. The highest BCUT2D eigenvalue weighted by atomic mass is 16.3. The zero-order valence-corrected chi connectivity index (χ0v) is 14.6. The maximum absolute atomic E-state index is 9.58. The molecule has 4 rings (SSSR count). The maximum Gasteiger partial charge on any atom is 0.149 e. The van der Waals surface area contributed by atoms with E-state index in [-0.39, 0.29) is 0 Å². The minimum Gasteiger partial charge on any atom is -0.457 e. The number of nitrogens with zero attached hydrogens (tertiary/aromatic N) is 2. The molecule has 2 aromatic carbocycles. The van der Waals surface area contributed by atoms with Crippen LogP contribution in [0.15, 0.2) is 59.0 Å². The van der Waals surface area contributed by atoms with Gasteiger partial charge in [0.05, 0.1) is 16.6 Å². The standard InChI is InChI=1S/C22H17N3O/c1-14-10-19-20(11-15(14)2)25-22(24-19)17(13-23)12-18-8-9-21(26-18)16-6-4-3-5-7-16/h3-12H,1-2H3,(H,24,25). The predicted molar refractivity (Wildman–Crippen MR) is 103 cm³/mol. The van der Waals surface area contributed by atoms with Gasteiger partial charge in [0.15, 0.2) is 0 Å². The summed E-state index contributed by atoms with van der Waals surface area (Å²) >= 11 is 0. The zero-order chi connectivity index (χ0) is 18.1. The summed E-state index contributed by atoms with van der Waals surface area (Å²) in [4.78, 5) is 7.79. The average molecular weight is 339 g/mol. The van der Waals surface area contributed by atoms with Gasteiger partial charge in [0, 0.05) is 11.6 Å². The van der Waals surface area contributed by atoms with Gasteiger partial charge in [0.1, 0.15) is 23.4 Å². The second-order valence-electron chi connectivity index (χ2n) is 6.28. The summed E-state index contributed by atoms with van der Waals surface area (Å²) in [6, 6.07) is 19.9. The molecule has 4 nitrogen and oxygen atoms in total. The Hall–Kier alpha value is -3.58. The lowest BCUT2D eigenvalue weighted by Gasteiger charge is -1.97. The number of nitrogens with one attached hydrogen (secondary N) is 1. The van der Waals surface area contributed by atoms with Gasteiger partial charge in [-0.15, -0.1) is 0 Å². The molecule has 126 valence electrons. The normalized spacial score (nSPS) is 11.7. The fraction of sp³-hybridized carbons (Fsp3) is 0.0909. The molecule has 26 heavy (non-hydrogen) atoms. The molecule has 0 aliphatic heterocycles. The van der Waals surface area contributed by atoms with Crippen molar-refractivity contribution in [1.82, 2.24) is 9.97 Å². The molecule has 2 heterocycles. The van der Waals surface area contributed by atoms with E-state index in [2.05, 4.69) is 36.0 Å². The van der Waals surface area contributed by atoms with E-state index in [0.29, 0.717) is 17.2 Å². The van der Waals surface area contributed by atoms with Crippen LogP contribution >= 0.6 is 0 Å². The van der Waals surface area contributed by atoms with Crippen molar-refractivity contribution < 1.29 is 4.42 Å². The van der Waals surface area contributed by atoms with Crippen LogP contribution in [0.5, 0.6) is 0 Å². The molecule has 1 N–H and O–H groups in total. The summed E-state index contributed by atoms with van der Waals surface area (Å²) < 4.78 is 5.87. The lowest BCUT2D eigenvalue weighted by molar-refractivity contribution is 0.572. The number of aryl methyl sites for hydroxylation is 2. The fourth-order valence-corrected chi connectivity index (χ4v) is 2.88. The number of allylic oxidation sites excluding steroid dienone is 1. The molecular weight excluding hydrogens is 322 g/mol. The Balaban J connectivity index is 1.72. The molecule has 0 saturated heterocycles. The number of imidazole rings is 1. The fourth-order valence-electron chi connectivity index (χ4n) is 2.88. The molecule has 0 aliphatic rings. The van der Waals surface area contributed by atoms with Crippen LogP contribution < -0.4 is 0 Å². The largest absolute Gasteiger partial charge is 0.457 e. The van der Waals surface area contributed by atoms with Crippen molar-refractivity contribution >= 4 is 22.7 Å². The molecule has 4 aromatic rings. The first kappa shape index (κ1) is 15.9. The van der Waals surface area contributed by atoms with Crippen molar-refractivity contribution in [2.24, 2.45) is 0 Å². The number of hydrogen-bond donors (Lipinski definition) is 1. The minimum absolute atomic E-state index is 0.436. The van der Waals surface area contributed by atoms with E-state index in [4.69, 9.17) is 4.42 Å². The number of hydrogen-bond acceptors (Lipinski definition) is 3. The molecule has 0 bridgehead atoms. The van der Waals surface area contributed by atoms with Gasteiger partial charge in [-0.3, -0.25) is 0 Å². The number of rotatable bonds is 3. The Morgan fingerprint density at radius 3 is 2.62 bits per heavy atom. The molecule has 0 spiro atoms. The third kappa shape index (κ3) is 2.91. The lowest BCUT2D eigenvalue weighted by Crippen LogP contribution is -1.84. The van der Waals surface area contributed by atoms with Crippen LogP contribution in [0, 0.1) is 25.2 Å². The Morgan fingerprint density at radius 2 is 1.85 bits per heavy atom. The van der Waals surface area contributed by atoms with Crippen LogP contribution in [0.2, 0.25) is 0 Å². The summed E-state index contributed by atoms with van der Waals surface area (Å²) in [5, 5.41) is 9.58. The SMILES string of the molecule is Cc1cc2nc(C(C#N)=Cc3ccc(-c4ccccc4)o3)[nH]c2cc1C. The van der Waals surface area contributed by atoms with Gasteiger partial charge < -0.3 is 9.40 Å². The second-order valence-corrected chi connectivity index (χ2v) is 6.28. The van der Waals surface area contributed by atoms with E-state index < -0.39 is 0 Å². The van der Waals surface area contributed by atoms with Crippen molar-refractivity contribution in [2.45, 2.75) is 13.8 Å². The predicted octanol–water partition coefficient (Wildman–Crippen LogP) is 5.50. The Bertz CT molecular complexity index is 1120. The molecule has 0 atom stereocenters. The molecule has 0 unspecified atom stereocenters. The second kappa shape index (κ2) is 6.38. The summed E-state index contributed by atoms with van der Waals surface area (Å²) in [5.74, 6) is 1.93. The lowest BCUT2D eigenvalue weighted by atomic mass is 10.1. The molecule has 2 aromatic heterocycles. The number of aromatic amines is 1. The van der Waals surface area contributed by atoms with E-state index in [1.54, 1.807) is 6.08 Å². The van der Waals surface area contributed by atoms with E-state index in [1.807, 2.05) is 48.5 Å². The smallest absolute Gasteiger partial charge is 0.149 e. The van der Waals surface area contributed by atoms with Gasteiger partial charge in [0.2, 0.25) is 0 Å². The van der Waals surface area contributed by atoms with Crippen molar-refractivity contribution in [2.75, 3.05) is 0 Å². The van der Waals surface area contributed by atoms with Crippen LogP contribution in [-0.2, 0) is 0 Å². The summed E-state index contributed by atoms with van der Waals surface area (Å²) in [5.41, 5.74) is 5.58. The van der Waals surface area contributed by atoms with E-state index in [0.717, 1.165) is 22.4 Å². The Kier molecular flexibility index (Phi) is 3.91. The monoisotopic (exact) mass is 339 g/mol. The third-order valence-corrected chi connectivity index (χ3v) is 4.44. The highest BCUT2D eigenvalue weighted by Gasteiger charge is 2.11. The number of aromatic nitrogens is 2. The van der Waals surface area contributed by atoms with Crippen LogP contribution in [0.4, 0.5) is 0 Å². The molecule has 0 fully saturated rings. The summed E-state index contributed by atoms with van der Waals surface area (Å²) in [6.45, 7) is 4.11. The quantitative estimate of drug-likeness (QED) is 0.501. The van der Waals surface area contributed by atoms with Crippen LogP contribution in [0.1, 0.15) is 22.7 Å². The molecule has 0 aliphatic carbocycles. The first-order chi connectivity index (χ1) is 12.6. The van der Waals surface area contributed by atoms with Crippen molar-refractivity contribution in [3.05, 3.63) is 77.3 Å². The summed E-state index contributed by atoms with van der Waals surface area (Å²) in [7, 11) is 0. The van der Waals surface area contributed by atoms with Gasteiger partial charge >= 0.3 is 0 Å². The van der Waals surface area contributed by atoms with Crippen molar-refractivity contribution in [3.63, 3.8) is 0 Å². The number of benzene rings is 2. The maximum atomic E-state index is 9.58. The van der Waals surface area contributed by atoms with E-state index >= 15 is 0 Å². The van der Waals surface area contributed by atoms with Gasteiger partial charge in [0.25, 0.3) is 0 Å². The number of nitriles is 1. The van der Waals surface area contributed by atoms with Crippen LogP contribution in [0.25, 0.3) is 34.0 Å². The van der Waals surface area contributed by atoms with Gasteiger partial charge in [-0.25, -0.2) is 4.98 Å². The van der Waals surface area contributed by atoms with Gasteiger partial charge in [-0.2, -0.15) is 5.26 Å². The highest BCUT2D eigenvalue weighted by molar-refractivity contribution is 5.90. The highest BCUT2D eigenvalue weighted by Crippen LogP contribution is 2.25. The minimum atomic E-state index is 0.436. The summed E-state index contributed by atoms with van der Waals surface area (Å²) in [6.07, 6.45) is 1.71. The number of fused-ring (bicyclic) bond motifs is 1. The van der Waals surface area contributed by atoms with Crippen LogP contribution in [0.3, 0.4) is 0 Å². The van der Waals surface area contributed by atoms with Crippen molar-refractivity contribution in [3.8, 4) is 17.4 Å². The Labute approximate surface area is 151 Å².